The van der Waals surface area contributed by atoms with Crippen LogP contribution < -0.4 is 5.32 Å². The quantitative estimate of drug-likeness (QED) is 0.674. The van der Waals surface area contributed by atoms with Crippen molar-refractivity contribution in [1.29, 1.82) is 0 Å². The molecule has 1 unspecified atom stereocenters. The van der Waals surface area contributed by atoms with Gasteiger partial charge in [-0.1, -0.05) is 29.8 Å². The molecule has 1 aromatic carbocycles. The molecule has 0 saturated heterocycles. The van der Waals surface area contributed by atoms with Crippen LogP contribution in [-0.2, 0) is 11.3 Å². The average molecular weight is 423 g/mol. The van der Waals surface area contributed by atoms with Gasteiger partial charge in [0, 0.05) is 17.4 Å². The third kappa shape index (κ3) is 4.11. The van der Waals surface area contributed by atoms with Crippen molar-refractivity contribution in [2.45, 2.75) is 26.4 Å². The molecular formula is C17H17BrClN5O. The molecular weight excluding hydrogens is 406 g/mol. The van der Waals surface area contributed by atoms with Crippen molar-refractivity contribution < 1.29 is 4.79 Å². The normalized spacial score (nSPS) is 12.2. The van der Waals surface area contributed by atoms with E-state index in [1.807, 2.05) is 43.5 Å². The molecule has 0 fully saturated rings. The largest absolute Gasteiger partial charge is 0.306 e. The number of carbonyl (C=O) groups is 1. The minimum Gasteiger partial charge on any atom is -0.306 e. The molecule has 0 radical (unpaired) electrons. The third-order valence-electron chi connectivity index (χ3n) is 3.77. The summed E-state index contributed by atoms with van der Waals surface area (Å²) in [7, 11) is 0. The molecule has 2 aromatic heterocycles. The maximum absolute atomic E-state index is 12.4. The van der Waals surface area contributed by atoms with Crippen LogP contribution in [0.4, 0.5) is 5.82 Å². The summed E-state index contributed by atoms with van der Waals surface area (Å²) in [6.45, 7) is 4.19. The highest BCUT2D eigenvalue weighted by Gasteiger charge is 2.18. The summed E-state index contributed by atoms with van der Waals surface area (Å²) in [4.78, 5) is 12.4. The van der Waals surface area contributed by atoms with E-state index in [1.54, 1.807) is 22.5 Å². The Balaban J connectivity index is 1.72. The van der Waals surface area contributed by atoms with Crippen molar-refractivity contribution in [3.05, 3.63) is 63.5 Å². The van der Waals surface area contributed by atoms with Crippen molar-refractivity contribution in [1.82, 2.24) is 19.6 Å². The topological polar surface area (TPSA) is 64.7 Å². The molecule has 6 nitrogen and oxygen atoms in total. The second-order valence-corrected chi connectivity index (χ2v) is 6.98. The van der Waals surface area contributed by atoms with Gasteiger partial charge in [0.1, 0.15) is 6.04 Å². The average Bonchev–Trinajstić information content (AvgIpc) is 3.15. The molecule has 3 aromatic rings. The molecule has 0 aliphatic carbocycles. The minimum absolute atomic E-state index is 0.188. The summed E-state index contributed by atoms with van der Waals surface area (Å²) in [6, 6.07) is 9.02. The van der Waals surface area contributed by atoms with Gasteiger partial charge in [-0.15, -0.1) is 0 Å². The minimum atomic E-state index is -0.436. The monoisotopic (exact) mass is 421 g/mol. The van der Waals surface area contributed by atoms with E-state index in [-0.39, 0.29) is 5.91 Å². The number of anilines is 1. The lowest BCUT2D eigenvalue weighted by Gasteiger charge is -2.11. The molecule has 1 N–H and O–H groups in total. The van der Waals surface area contributed by atoms with E-state index in [0.717, 1.165) is 11.3 Å². The van der Waals surface area contributed by atoms with E-state index >= 15 is 0 Å². The van der Waals surface area contributed by atoms with Crippen molar-refractivity contribution in [2.24, 2.45) is 0 Å². The number of aryl methyl sites for hydroxylation is 1. The van der Waals surface area contributed by atoms with Crippen LogP contribution in [0.15, 0.2) is 47.2 Å². The molecule has 0 aliphatic rings. The first kappa shape index (κ1) is 17.7. The fourth-order valence-electron chi connectivity index (χ4n) is 2.35. The highest BCUT2D eigenvalue weighted by atomic mass is 79.9. The van der Waals surface area contributed by atoms with Crippen LogP contribution in [0.2, 0.25) is 5.02 Å². The zero-order valence-corrected chi connectivity index (χ0v) is 16.1. The van der Waals surface area contributed by atoms with Crippen molar-refractivity contribution >= 4 is 39.3 Å². The summed E-state index contributed by atoms with van der Waals surface area (Å²) in [6.07, 6.45) is 3.59. The highest BCUT2D eigenvalue weighted by molar-refractivity contribution is 9.10. The summed E-state index contributed by atoms with van der Waals surface area (Å²) in [5.74, 6) is 0.277. The zero-order valence-electron chi connectivity index (χ0n) is 13.8. The van der Waals surface area contributed by atoms with Crippen LogP contribution >= 0.6 is 27.5 Å². The molecule has 0 spiro atoms. The SMILES string of the molecule is Cc1ccn(C(C)C(=O)Nc2nn(Cc3ccccc3Cl)cc2Br)n1. The van der Waals surface area contributed by atoms with E-state index < -0.39 is 6.04 Å². The number of hydrogen-bond donors (Lipinski definition) is 1. The first-order valence-electron chi connectivity index (χ1n) is 7.73. The Kier molecular flexibility index (Phi) is 5.24. The van der Waals surface area contributed by atoms with Crippen LogP contribution in [0.1, 0.15) is 24.2 Å². The van der Waals surface area contributed by atoms with E-state index in [1.165, 1.54) is 0 Å². The number of halogens is 2. The number of nitrogens with one attached hydrogen (secondary N) is 1. The standard InChI is InChI=1S/C17H17BrClN5O/c1-11-7-8-24(21-11)12(2)17(25)20-16-14(18)10-23(22-16)9-13-5-3-4-6-15(13)19/h3-8,10,12H,9H2,1-2H3,(H,20,22,25). The summed E-state index contributed by atoms with van der Waals surface area (Å²) < 4.78 is 4.06. The van der Waals surface area contributed by atoms with Crippen molar-refractivity contribution in [3.8, 4) is 0 Å². The second-order valence-electron chi connectivity index (χ2n) is 5.72. The summed E-state index contributed by atoms with van der Waals surface area (Å²) >= 11 is 9.62. The van der Waals surface area contributed by atoms with Crippen LogP contribution in [0, 0.1) is 6.92 Å². The van der Waals surface area contributed by atoms with Crippen molar-refractivity contribution in [2.75, 3.05) is 5.32 Å². The predicted octanol–water partition coefficient (Wildman–Crippen LogP) is 4.05. The molecule has 0 saturated carbocycles. The second kappa shape index (κ2) is 7.41. The van der Waals surface area contributed by atoms with Crippen LogP contribution in [-0.4, -0.2) is 25.5 Å². The Morgan fingerprint density at radius 3 is 2.76 bits per heavy atom. The van der Waals surface area contributed by atoms with E-state index in [0.29, 0.717) is 21.9 Å². The maximum atomic E-state index is 12.4. The van der Waals surface area contributed by atoms with Gasteiger partial charge in [-0.3, -0.25) is 14.2 Å². The van der Waals surface area contributed by atoms with Gasteiger partial charge in [-0.25, -0.2) is 0 Å². The number of carbonyl (C=O) groups excluding carboxylic acids is 1. The first-order chi connectivity index (χ1) is 11.9. The van der Waals surface area contributed by atoms with E-state index in [9.17, 15) is 4.79 Å². The van der Waals surface area contributed by atoms with Gasteiger partial charge in [0.15, 0.2) is 5.82 Å². The molecule has 3 rings (SSSR count). The van der Waals surface area contributed by atoms with Crippen LogP contribution in [0.5, 0.6) is 0 Å². The molecule has 2 heterocycles. The molecule has 130 valence electrons. The Hall–Kier alpha value is -2.12. The van der Waals surface area contributed by atoms with Gasteiger partial charge in [-0.05, 0) is 47.5 Å². The smallest absolute Gasteiger partial charge is 0.250 e. The maximum Gasteiger partial charge on any atom is 0.250 e. The van der Waals surface area contributed by atoms with E-state index in [4.69, 9.17) is 11.6 Å². The molecule has 1 atom stereocenters. The number of amides is 1. The Morgan fingerprint density at radius 1 is 1.32 bits per heavy atom. The number of rotatable bonds is 5. The van der Waals surface area contributed by atoms with Crippen LogP contribution in [0.25, 0.3) is 0 Å². The van der Waals surface area contributed by atoms with Gasteiger partial charge in [0.05, 0.1) is 16.7 Å². The Labute approximate surface area is 158 Å². The Morgan fingerprint density at radius 2 is 2.08 bits per heavy atom. The molecule has 25 heavy (non-hydrogen) atoms. The molecule has 0 bridgehead atoms. The lowest BCUT2D eigenvalue weighted by molar-refractivity contribution is -0.119. The third-order valence-corrected chi connectivity index (χ3v) is 4.72. The molecule has 0 aliphatic heterocycles. The number of hydrogen-bond acceptors (Lipinski definition) is 3. The van der Waals surface area contributed by atoms with Gasteiger partial charge < -0.3 is 5.32 Å². The Bertz CT molecular complexity index is 904. The molecule has 8 heteroatoms. The zero-order chi connectivity index (χ0) is 18.0. The fraction of sp³-hybridized carbons (Fsp3) is 0.235. The fourth-order valence-corrected chi connectivity index (χ4v) is 2.96. The van der Waals surface area contributed by atoms with Gasteiger partial charge >= 0.3 is 0 Å². The first-order valence-corrected chi connectivity index (χ1v) is 8.90. The van der Waals surface area contributed by atoms with Crippen molar-refractivity contribution in [3.63, 3.8) is 0 Å². The predicted molar refractivity (Wildman–Crippen MR) is 101 cm³/mol. The van der Waals surface area contributed by atoms with Gasteiger partial charge in [0.25, 0.3) is 0 Å². The number of nitrogens with zero attached hydrogens (tertiary/aromatic N) is 4. The molecule has 1 amide bonds. The van der Waals surface area contributed by atoms with Crippen LogP contribution in [0.3, 0.4) is 0 Å². The number of aromatic nitrogens is 4. The lowest BCUT2D eigenvalue weighted by atomic mass is 10.2. The van der Waals surface area contributed by atoms with Gasteiger partial charge in [-0.2, -0.15) is 10.2 Å². The van der Waals surface area contributed by atoms with Gasteiger partial charge in [0.2, 0.25) is 5.91 Å². The summed E-state index contributed by atoms with van der Waals surface area (Å²) in [5, 5.41) is 12.2. The highest BCUT2D eigenvalue weighted by Crippen LogP contribution is 2.23. The number of benzene rings is 1. The lowest BCUT2D eigenvalue weighted by Crippen LogP contribution is -2.24. The summed E-state index contributed by atoms with van der Waals surface area (Å²) in [5.41, 5.74) is 1.82. The van der Waals surface area contributed by atoms with E-state index in [2.05, 4.69) is 31.4 Å².